The molecular weight excluding hydrogens is 179 g/mol. The quantitative estimate of drug-likeness (QED) is 0.528. The Hall–Kier alpha value is 0.0400. The summed E-state index contributed by atoms with van der Waals surface area (Å²) >= 11 is 5.51. The van der Waals surface area contributed by atoms with Crippen molar-refractivity contribution in [3.8, 4) is 0 Å². The summed E-state index contributed by atoms with van der Waals surface area (Å²) in [7, 11) is 0. The van der Waals surface area contributed by atoms with Gasteiger partial charge in [-0.2, -0.15) is 13.2 Å². The van der Waals surface area contributed by atoms with Gasteiger partial charge < -0.3 is 5.32 Å². The van der Waals surface area contributed by atoms with Crippen LogP contribution in [0.3, 0.4) is 0 Å². The van der Waals surface area contributed by atoms with Gasteiger partial charge in [0.15, 0.2) is 0 Å². The van der Waals surface area contributed by atoms with Gasteiger partial charge in [0.25, 0.3) is 0 Å². The van der Waals surface area contributed by atoms with Crippen LogP contribution in [-0.4, -0.2) is 24.6 Å². The number of alkyl halides is 4. The number of hydrogen-bond donors (Lipinski definition) is 1. The SMILES string of the molecule is CC(Cl)CCNCC(F)(F)F. The zero-order valence-electron chi connectivity index (χ0n) is 6.21. The highest BCUT2D eigenvalue weighted by Gasteiger charge is 2.25. The van der Waals surface area contributed by atoms with Crippen molar-refractivity contribution < 1.29 is 13.2 Å². The molecule has 0 saturated heterocycles. The minimum absolute atomic E-state index is 0.0734. The number of hydrogen-bond acceptors (Lipinski definition) is 1. The molecule has 0 aliphatic carbocycles. The van der Waals surface area contributed by atoms with Crippen molar-refractivity contribution in [3.63, 3.8) is 0 Å². The van der Waals surface area contributed by atoms with Crippen LogP contribution in [0, 0.1) is 0 Å². The first-order valence-corrected chi connectivity index (χ1v) is 3.77. The van der Waals surface area contributed by atoms with Crippen molar-refractivity contribution in [2.75, 3.05) is 13.1 Å². The van der Waals surface area contributed by atoms with Gasteiger partial charge in [0, 0.05) is 5.38 Å². The molecule has 0 aliphatic rings. The molecule has 0 rings (SSSR count). The van der Waals surface area contributed by atoms with Crippen molar-refractivity contribution >= 4 is 11.6 Å². The van der Waals surface area contributed by atoms with E-state index in [1.807, 2.05) is 0 Å². The Balaban J connectivity index is 3.15. The molecular formula is C6H11ClF3N. The van der Waals surface area contributed by atoms with Crippen LogP contribution >= 0.6 is 11.6 Å². The first-order chi connectivity index (χ1) is 4.92. The second-order valence-corrected chi connectivity index (χ2v) is 3.11. The Morgan fingerprint density at radius 3 is 2.36 bits per heavy atom. The molecule has 0 aromatic carbocycles. The highest BCUT2D eigenvalue weighted by molar-refractivity contribution is 6.20. The van der Waals surface area contributed by atoms with Crippen LogP contribution in [0.5, 0.6) is 0 Å². The Kier molecular flexibility index (Phi) is 4.84. The van der Waals surface area contributed by atoms with E-state index in [4.69, 9.17) is 11.6 Å². The van der Waals surface area contributed by atoms with E-state index < -0.39 is 12.7 Å². The molecule has 0 bridgehead atoms. The Labute approximate surface area is 68.9 Å². The van der Waals surface area contributed by atoms with Gasteiger partial charge in [-0.25, -0.2) is 0 Å². The van der Waals surface area contributed by atoms with Gasteiger partial charge >= 0.3 is 6.18 Å². The fourth-order valence-electron chi connectivity index (χ4n) is 0.531. The molecule has 0 aromatic heterocycles. The molecule has 0 saturated carbocycles. The van der Waals surface area contributed by atoms with E-state index in [1.54, 1.807) is 6.92 Å². The smallest absolute Gasteiger partial charge is 0.309 e. The van der Waals surface area contributed by atoms with E-state index in [0.29, 0.717) is 13.0 Å². The fraction of sp³-hybridized carbons (Fsp3) is 1.00. The van der Waals surface area contributed by atoms with Crippen LogP contribution < -0.4 is 5.32 Å². The lowest BCUT2D eigenvalue weighted by atomic mass is 10.3. The molecule has 68 valence electrons. The van der Waals surface area contributed by atoms with Gasteiger partial charge in [0.1, 0.15) is 0 Å². The molecule has 0 heterocycles. The second-order valence-electron chi connectivity index (χ2n) is 2.36. The van der Waals surface area contributed by atoms with E-state index in [0.717, 1.165) is 0 Å². The molecule has 1 unspecified atom stereocenters. The van der Waals surface area contributed by atoms with Crippen LogP contribution in [-0.2, 0) is 0 Å². The topological polar surface area (TPSA) is 12.0 Å². The lowest BCUT2D eigenvalue weighted by Gasteiger charge is -2.08. The molecule has 1 nitrogen and oxygen atoms in total. The largest absolute Gasteiger partial charge is 0.401 e. The summed E-state index contributed by atoms with van der Waals surface area (Å²) in [5.74, 6) is 0. The summed E-state index contributed by atoms with van der Waals surface area (Å²) in [6, 6.07) is 0. The van der Waals surface area contributed by atoms with Crippen molar-refractivity contribution in [1.82, 2.24) is 5.32 Å². The maximum Gasteiger partial charge on any atom is 0.401 e. The third-order valence-corrected chi connectivity index (χ3v) is 1.26. The normalized spacial score (nSPS) is 15.0. The van der Waals surface area contributed by atoms with Crippen LogP contribution in [0.4, 0.5) is 13.2 Å². The molecule has 1 atom stereocenters. The van der Waals surface area contributed by atoms with Crippen molar-refractivity contribution in [2.45, 2.75) is 24.9 Å². The van der Waals surface area contributed by atoms with Crippen molar-refractivity contribution in [3.05, 3.63) is 0 Å². The molecule has 0 amide bonds. The van der Waals surface area contributed by atoms with Crippen LogP contribution in [0.15, 0.2) is 0 Å². The minimum atomic E-state index is -4.12. The number of halogens is 4. The van der Waals surface area contributed by atoms with Crippen LogP contribution in [0.25, 0.3) is 0 Å². The lowest BCUT2D eigenvalue weighted by molar-refractivity contribution is -0.124. The fourth-order valence-corrected chi connectivity index (χ4v) is 0.640. The van der Waals surface area contributed by atoms with Gasteiger partial charge in [0.05, 0.1) is 6.54 Å². The maximum atomic E-state index is 11.5. The summed E-state index contributed by atoms with van der Waals surface area (Å²) in [6.45, 7) is 1.12. The number of rotatable bonds is 4. The minimum Gasteiger partial charge on any atom is -0.309 e. The average Bonchev–Trinajstić information content (AvgIpc) is 1.78. The van der Waals surface area contributed by atoms with Gasteiger partial charge in [-0.05, 0) is 19.9 Å². The Morgan fingerprint density at radius 2 is 2.00 bits per heavy atom. The highest BCUT2D eigenvalue weighted by atomic mass is 35.5. The van der Waals surface area contributed by atoms with E-state index >= 15 is 0 Å². The van der Waals surface area contributed by atoms with Gasteiger partial charge in [0.2, 0.25) is 0 Å². The molecule has 5 heteroatoms. The average molecular weight is 190 g/mol. The zero-order chi connectivity index (χ0) is 8.91. The summed E-state index contributed by atoms with van der Waals surface area (Å²) in [6.07, 6.45) is -3.56. The van der Waals surface area contributed by atoms with Gasteiger partial charge in [-0.15, -0.1) is 11.6 Å². The van der Waals surface area contributed by atoms with E-state index in [2.05, 4.69) is 5.32 Å². The molecule has 0 radical (unpaired) electrons. The highest BCUT2D eigenvalue weighted by Crippen LogP contribution is 2.12. The maximum absolute atomic E-state index is 11.5. The predicted octanol–water partition coefficient (Wildman–Crippen LogP) is 2.16. The third-order valence-electron chi connectivity index (χ3n) is 1.04. The van der Waals surface area contributed by atoms with Gasteiger partial charge in [-0.1, -0.05) is 0 Å². The number of nitrogens with one attached hydrogen (secondary N) is 1. The first kappa shape index (κ1) is 11.0. The second kappa shape index (κ2) is 4.83. The summed E-state index contributed by atoms with van der Waals surface area (Å²) < 4.78 is 34.5. The summed E-state index contributed by atoms with van der Waals surface area (Å²) in [5.41, 5.74) is 0. The lowest BCUT2D eigenvalue weighted by Crippen LogP contribution is -2.30. The molecule has 0 aliphatic heterocycles. The van der Waals surface area contributed by atoms with E-state index in [1.165, 1.54) is 0 Å². The zero-order valence-corrected chi connectivity index (χ0v) is 6.97. The molecule has 1 N–H and O–H groups in total. The monoisotopic (exact) mass is 189 g/mol. The molecule has 0 spiro atoms. The Bertz CT molecular complexity index is 102. The van der Waals surface area contributed by atoms with Crippen LogP contribution in [0.2, 0.25) is 0 Å². The first-order valence-electron chi connectivity index (χ1n) is 3.33. The molecule has 0 aromatic rings. The predicted molar refractivity (Wildman–Crippen MR) is 38.9 cm³/mol. The van der Waals surface area contributed by atoms with E-state index in [9.17, 15) is 13.2 Å². The standard InChI is InChI=1S/C6H11ClF3N/c1-5(7)2-3-11-4-6(8,9)10/h5,11H,2-4H2,1H3. The van der Waals surface area contributed by atoms with Crippen molar-refractivity contribution in [2.24, 2.45) is 0 Å². The van der Waals surface area contributed by atoms with Crippen LogP contribution in [0.1, 0.15) is 13.3 Å². The van der Waals surface area contributed by atoms with E-state index in [-0.39, 0.29) is 5.38 Å². The summed E-state index contributed by atoms with van der Waals surface area (Å²) in [4.78, 5) is 0. The van der Waals surface area contributed by atoms with Gasteiger partial charge in [-0.3, -0.25) is 0 Å². The molecule has 11 heavy (non-hydrogen) atoms. The summed E-state index contributed by atoms with van der Waals surface area (Å²) in [5, 5.41) is 2.17. The Morgan fingerprint density at radius 1 is 1.45 bits per heavy atom. The van der Waals surface area contributed by atoms with Crippen molar-refractivity contribution in [1.29, 1.82) is 0 Å². The molecule has 0 fully saturated rings. The third kappa shape index (κ3) is 10.0.